The molecule has 0 bridgehead atoms. The largest absolute Gasteiger partial charge is 0.493 e. The molecule has 0 saturated heterocycles. The number of fused-ring (bicyclic) bond motifs is 1. The maximum atomic E-state index is 11.1. The molecule has 0 amide bonds. The average Bonchev–Trinajstić information content (AvgIpc) is 2.88. The summed E-state index contributed by atoms with van der Waals surface area (Å²) in [5, 5.41) is 14.2. The van der Waals surface area contributed by atoms with Crippen LogP contribution in [0.2, 0.25) is 5.02 Å². The molecule has 0 aliphatic rings. The lowest BCUT2D eigenvalue weighted by molar-refractivity contribution is 0.0859. The van der Waals surface area contributed by atoms with Gasteiger partial charge in [-0.15, -0.1) is 0 Å². The summed E-state index contributed by atoms with van der Waals surface area (Å²) in [6.45, 7) is 3.40. The topological polar surface area (TPSA) is 41.9 Å². The summed E-state index contributed by atoms with van der Waals surface area (Å²) in [5.41, 5.74) is 3.18. The highest BCUT2D eigenvalue weighted by Gasteiger charge is 2.21. The highest BCUT2D eigenvalue weighted by atomic mass is 35.5. The van der Waals surface area contributed by atoms with Crippen molar-refractivity contribution >= 4 is 22.4 Å². The van der Waals surface area contributed by atoms with Gasteiger partial charge in [-0.25, -0.2) is 0 Å². The minimum Gasteiger partial charge on any atom is -0.493 e. The lowest BCUT2D eigenvalue weighted by Gasteiger charge is -2.31. The van der Waals surface area contributed by atoms with Crippen LogP contribution in [-0.2, 0) is 13.0 Å². The van der Waals surface area contributed by atoms with Gasteiger partial charge in [0.2, 0.25) is 0 Å². The molecule has 0 radical (unpaired) electrons. The molecule has 35 heavy (non-hydrogen) atoms. The standard InChI is InChI=1S/C30H32ClNO3/c1-21(15-22-12-14-29(34-2)30(17-22)35-3)32(20-28(33)26-9-6-10-27(31)18-26)19-23-11-13-24-7-4-5-8-25(24)16-23/h4-14,16-18,21,28,33H,15,19-20H2,1-3H3/t21-,28?/m1/s1. The maximum absolute atomic E-state index is 11.1. The Kier molecular flexibility index (Phi) is 8.29. The van der Waals surface area contributed by atoms with Gasteiger partial charge in [-0.05, 0) is 71.1 Å². The van der Waals surface area contributed by atoms with Crippen molar-refractivity contribution in [2.24, 2.45) is 0 Å². The SMILES string of the molecule is COc1ccc(C[C@@H](C)N(Cc2ccc3ccccc3c2)CC(O)c2cccc(Cl)c2)cc1OC. The van der Waals surface area contributed by atoms with Gasteiger partial charge in [-0.3, -0.25) is 4.90 Å². The van der Waals surface area contributed by atoms with Crippen molar-refractivity contribution in [1.82, 2.24) is 4.90 Å². The van der Waals surface area contributed by atoms with E-state index in [1.54, 1.807) is 14.2 Å². The van der Waals surface area contributed by atoms with Gasteiger partial charge in [-0.1, -0.05) is 66.2 Å². The third kappa shape index (κ3) is 6.34. The number of methoxy groups -OCH3 is 2. The first-order valence-corrected chi connectivity index (χ1v) is 12.2. The number of hydrogen-bond donors (Lipinski definition) is 1. The highest BCUT2D eigenvalue weighted by molar-refractivity contribution is 6.30. The lowest BCUT2D eigenvalue weighted by Crippen LogP contribution is -2.37. The maximum Gasteiger partial charge on any atom is 0.160 e. The van der Waals surface area contributed by atoms with E-state index in [2.05, 4.69) is 60.4 Å². The molecule has 1 unspecified atom stereocenters. The van der Waals surface area contributed by atoms with E-state index in [-0.39, 0.29) is 6.04 Å². The third-order valence-electron chi connectivity index (χ3n) is 6.44. The Bertz CT molecular complexity index is 1280. The number of aliphatic hydroxyl groups excluding tert-OH is 1. The molecule has 0 fully saturated rings. The number of nitrogens with zero attached hydrogens (tertiary/aromatic N) is 1. The number of rotatable bonds is 10. The monoisotopic (exact) mass is 489 g/mol. The molecule has 2 atom stereocenters. The van der Waals surface area contributed by atoms with Crippen LogP contribution in [0.15, 0.2) is 84.9 Å². The van der Waals surface area contributed by atoms with E-state index in [1.807, 2.05) is 36.4 Å². The molecule has 5 heteroatoms. The van der Waals surface area contributed by atoms with E-state index in [0.29, 0.717) is 17.3 Å². The molecule has 4 aromatic rings. The van der Waals surface area contributed by atoms with Gasteiger partial charge in [0.15, 0.2) is 11.5 Å². The molecule has 4 nitrogen and oxygen atoms in total. The molecule has 0 heterocycles. The fourth-order valence-electron chi connectivity index (χ4n) is 4.49. The number of benzene rings is 4. The Balaban J connectivity index is 1.59. The smallest absolute Gasteiger partial charge is 0.160 e. The molecule has 0 aromatic heterocycles. The molecule has 0 spiro atoms. The van der Waals surface area contributed by atoms with Gasteiger partial charge >= 0.3 is 0 Å². The summed E-state index contributed by atoms with van der Waals surface area (Å²) in [4.78, 5) is 2.33. The van der Waals surface area contributed by atoms with Gasteiger partial charge in [0.05, 0.1) is 20.3 Å². The van der Waals surface area contributed by atoms with E-state index in [0.717, 1.165) is 29.8 Å². The molecular weight excluding hydrogens is 458 g/mol. The van der Waals surface area contributed by atoms with E-state index in [1.165, 1.54) is 16.3 Å². The summed E-state index contributed by atoms with van der Waals surface area (Å²) in [6, 6.07) is 28.6. The summed E-state index contributed by atoms with van der Waals surface area (Å²) in [7, 11) is 3.29. The van der Waals surface area contributed by atoms with Crippen LogP contribution in [0.5, 0.6) is 11.5 Å². The molecule has 0 saturated carbocycles. The Labute approximate surface area is 212 Å². The molecule has 182 valence electrons. The van der Waals surface area contributed by atoms with E-state index in [4.69, 9.17) is 21.1 Å². The fourth-order valence-corrected chi connectivity index (χ4v) is 4.69. The molecule has 4 aromatic carbocycles. The summed E-state index contributed by atoms with van der Waals surface area (Å²) < 4.78 is 10.9. The summed E-state index contributed by atoms with van der Waals surface area (Å²) in [5.74, 6) is 1.44. The third-order valence-corrected chi connectivity index (χ3v) is 6.68. The molecule has 1 N–H and O–H groups in total. The van der Waals surface area contributed by atoms with Gasteiger partial charge < -0.3 is 14.6 Å². The zero-order chi connectivity index (χ0) is 24.8. The fraction of sp³-hybridized carbons (Fsp3) is 0.267. The number of halogens is 1. The van der Waals surface area contributed by atoms with Crippen LogP contribution in [0.3, 0.4) is 0 Å². The number of aliphatic hydroxyl groups is 1. The van der Waals surface area contributed by atoms with Gasteiger partial charge in [-0.2, -0.15) is 0 Å². The van der Waals surface area contributed by atoms with Crippen LogP contribution in [0.4, 0.5) is 0 Å². The Hall–Kier alpha value is -3.05. The van der Waals surface area contributed by atoms with E-state index >= 15 is 0 Å². The van der Waals surface area contributed by atoms with Gasteiger partial charge in [0, 0.05) is 24.2 Å². The van der Waals surface area contributed by atoms with Crippen molar-refractivity contribution in [2.45, 2.75) is 32.0 Å². The van der Waals surface area contributed by atoms with Gasteiger partial charge in [0.1, 0.15) is 0 Å². The number of ether oxygens (including phenoxy) is 2. The molecule has 0 aliphatic carbocycles. The van der Waals surface area contributed by atoms with Crippen molar-refractivity contribution in [3.05, 3.63) is 107 Å². The highest BCUT2D eigenvalue weighted by Crippen LogP contribution is 2.29. The van der Waals surface area contributed by atoms with E-state index < -0.39 is 6.10 Å². The van der Waals surface area contributed by atoms with Crippen LogP contribution < -0.4 is 9.47 Å². The normalized spacial score (nSPS) is 13.1. The first-order chi connectivity index (χ1) is 17.0. The Morgan fingerprint density at radius 2 is 1.54 bits per heavy atom. The van der Waals surface area contributed by atoms with E-state index in [9.17, 15) is 5.11 Å². The van der Waals surface area contributed by atoms with Crippen molar-refractivity contribution < 1.29 is 14.6 Å². The average molecular weight is 490 g/mol. The second kappa shape index (κ2) is 11.6. The number of hydrogen-bond acceptors (Lipinski definition) is 4. The van der Waals surface area contributed by atoms with Crippen molar-refractivity contribution in [1.29, 1.82) is 0 Å². The predicted octanol–water partition coefficient (Wildman–Crippen LogP) is 6.68. The summed E-state index contributed by atoms with van der Waals surface area (Å²) in [6.07, 6.45) is 0.151. The van der Waals surface area contributed by atoms with Crippen molar-refractivity contribution in [2.75, 3.05) is 20.8 Å². The second-order valence-electron chi connectivity index (χ2n) is 8.92. The van der Waals surface area contributed by atoms with Crippen molar-refractivity contribution in [3.8, 4) is 11.5 Å². The minimum atomic E-state index is -0.651. The molecule has 4 rings (SSSR count). The zero-order valence-electron chi connectivity index (χ0n) is 20.4. The van der Waals surface area contributed by atoms with Crippen molar-refractivity contribution in [3.63, 3.8) is 0 Å². The lowest BCUT2D eigenvalue weighted by atomic mass is 10.0. The quantitative estimate of drug-likeness (QED) is 0.270. The molecule has 0 aliphatic heterocycles. The molecular formula is C30H32ClNO3. The first-order valence-electron chi connectivity index (χ1n) is 11.8. The van der Waals surface area contributed by atoms with Crippen LogP contribution >= 0.6 is 11.6 Å². The Morgan fingerprint density at radius 1 is 0.800 bits per heavy atom. The van der Waals surface area contributed by atoms with Crippen LogP contribution in [0.1, 0.15) is 29.7 Å². The zero-order valence-corrected chi connectivity index (χ0v) is 21.2. The second-order valence-corrected chi connectivity index (χ2v) is 9.36. The van der Waals surface area contributed by atoms with Crippen LogP contribution in [0, 0.1) is 0 Å². The van der Waals surface area contributed by atoms with Crippen LogP contribution in [0.25, 0.3) is 10.8 Å². The van der Waals surface area contributed by atoms with Gasteiger partial charge in [0.25, 0.3) is 0 Å². The first kappa shape index (κ1) is 25.1. The summed E-state index contributed by atoms with van der Waals surface area (Å²) >= 11 is 6.19. The van der Waals surface area contributed by atoms with Crippen LogP contribution in [-0.4, -0.2) is 36.8 Å². The predicted molar refractivity (Wildman–Crippen MR) is 143 cm³/mol. The Morgan fingerprint density at radius 3 is 2.29 bits per heavy atom. The minimum absolute atomic E-state index is 0.161.